The van der Waals surface area contributed by atoms with Crippen LogP contribution in [0.2, 0.25) is 0 Å². The minimum atomic E-state index is -1.19. The van der Waals surface area contributed by atoms with Gasteiger partial charge in [-0.1, -0.05) is 49.4 Å². The van der Waals surface area contributed by atoms with E-state index in [0.29, 0.717) is 6.61 Å². The first-order chi connectivity index (χ1) is 12.9. The maximum Gasteiger partial charge on any atom is 0.314 e. The number of carboxylic acid groups (broad SMARTS) is 2. The Kier molecular flexibility index (Phi) is 4.38. The molecule has 27 heavy (non-hydrogen) atoms. The van der Waals surface area contributed by atoms with Crippen LogP contribution in [0.5, 0.6) is 0 Å². The van der Waals surface area contributed by atoms with E-state index in [2.05, 4.69) is 0 Å². The summed E-state index contributed by atoms with van der Waals surface area (Å²) in [6.07, 6.45) is 6.18. The van der Waals surface area contributed by atoms with Crippen molar-refractivity contribution in [2.75, 3.05) is 0 Å². The fourth-order valence-corrected chi connectivity index (χ4v) is 5.26. The Morgan fingerprint density at radius 1 is 1.04 bits per heavy atom. The number of aliphatic carboxylic acids is 2. The molecule has 144 valence electrons. The molecule has 4 atom stereocenters. The largest absolute Gasteiger partial charge is 0.481 e. The fourth-order valence-electron chi connectivity index (χ4n) is 5.26. The van der Waals surface area contributed by atoms with Gasteiger partial charge in [-0.05, 0) is 49.0 Å². The smallest absolute Gasteiger partial charge is 0.314 e. The number of hydrogen-bond donors (Lipinski definition) is 2. The van der Waals surface area contributed by atoms with Crippen LogP contribution in [0.3, 0.4) is 0 Å². The first-order valence-corrected chi connectivity index (χ1v) is 9.75. The fraction of sp³-hybridized carbons (Fsp3) is 0.545. The minimum absolute atomic E-state index is 0.0220. The molecule has 0 saturated heterocycles. The maximum atomic E-state index is 12.6. The van der Waals surface area contributed by atoms with E-state index in [1.165, 1.54) is 0 Å². The highest BCUT2D eigenvalue weighted by Crippen LogP contribution is 2.65. The predicted molar refractivity (Wildman–Crippen MR) is 98.9 cm³/mol. The molecule has 5 heteroatoms. The molecule has 0 aliphatic heterocycles. The van der Waals surface area contributed by atoms with Gasteiger partial charge in [0.1, 0.15) is 5.41 Å². The summed E-state index contributed by atoms with van der Waals surface area (Å²) in [4.78, 5) is 25.0. The second-order valence-electron chi connectivity index (χ2n) is 8.32. The Morgan fingerprint density at radius 2 is 1.67 bits per heavy atom. The van der Waals surface area contributed by atoms with Crippen LogP contribution in [0.4, 0.5) is 0 Å². The molecule has 3 aliphatic rings. The van der Waals surface area contributed by atoms with Gasteiger partial charge in [-0.3, -0.25) is 9.59 Å². The van der Waals surface area contributed by atoms with Crippen LogP contribution < -0.4 is 0 Å². The van der Waals surface area contributed by atoms with Crippen LogP contribution in [0.1, 0.15) is 38.2 Å². The Bertz CT molecular complexity index is 764. The van der Waals surface area contributed by atoms with E-state index >= 15 is 0 Å². The average molecular weight is 370 g/mol. The van der Waals surface area contributed by atoms with E-state index in [4.69, 9.17) is 4.74 Å². The molecule has 4 unspecified atom stereocenters. The van der Waals surface area contributed by atoms with E-state index in [0.717, 1.165) is 31.2 Å². The molecule has 0 spiro atoms. The average Bonchev–Trinajstić information content (AvgIpc) is 3.53. The molecule has 0 aromatic heterocycles. The first kappa shape index (κ1) is 18.2. The van der Waals surface area contributed by atoms with Crippen LogP contribution >= 0.6 is 0 Å². The third kappa shape index (κ3) is 2.71. The molecular formula is C22H26O5. The van der Waals surface area contributed by atoms with Gasteiger partial charge in [0.2, 0.25) is 0 Å². The van der Waals surface area contributed by atoms with Crippen LogP contribution in [-0.4, -0.2) is 28.3 Å². The molecule has 2 fully saturated rings. The molecule has 4 rings (SSSR count). The van der Waals surface area contributed by atoms with Gasteiger partial charge in [0.15, 0.2) is 0 Å². The molecular weight excluding hydrogens is 344 g/mol. The molecule has 2 saturated carbocycles. The third-order valence-corrected chi connectivity index (χ3v) is 6.97. The summed E-state index contributed by atoms with van der Waals surface area (Å²) in [7, 11) is 0. The van der Waals surface area contributed by atoms with Crippen molar-refractivity contribution in [3.63, 3.8) is 0 Å². The minimum Gasteiger partial charge on any atom is -0.481 e. The topological polar surface area (TPSA) is 83.8 Å². The lowest BCUT2D eigenvalue weighted by Crippen LogP contribution is -2.59. The van der Waals surface area contributed by atoms with E-state index in [9.17, 15) is 19.8 Å². The molecule has 0 bridgehead atoms. The van der Waals surface area contributed by atoms with Crippen molar-refractivity contribution in [1.29, 1.82) is 0 Å². The summed E-state index contributed by atoms with van der Waals surface area (Å²) < 4.78 is 6.13. The molecule has 5 nitrogen and oxygen atoms in total. The highest BCUT2D eigenvalue weighted by molar-refractivity contribution is 5.84. The summed E-state index contributed by atoms with van der Waals surface area (Å²) in [5, 5.41) is 20.4. The van der Waals surface area contributed by atoms with Gasteiger partial charge in [-0.25, -0.2) is 0 Å². The standard InChI is InChI=1S/C22H26O5/c1-14-21(19(23)24,16-7-8-16)12-11-18(22(14,20(25)26)17-9-10-17)27-13-15-5-3-2-4-6-15/h2-6,11-12,14,16-18H,7-10,13H2,1H3,(H,23,24)(H,25,26). The quantitative estimate of drug-likeness (QED) is 0.715. The third-order valence-electron chi connectivity index (χ3n) is 6.97. The van der Waals surface area contributed by atoms with Crippen molar-refractivity contribution in [2.45, 2.75) is 45.3 Å². The zero-order chi connectivity index (χ0) is 19.2. The molecule has 0 heterocycles. The molecule has 1 aromatic rings. The van der Waals surface area contributed by atoms with E-state index < -0.39 is 34.8 Å². The summed E-state index contributed by atoms with van der Waals surface area (Å²) in [5.74, 6) is -2.36. The number of hydrogen-bond acceptors (Lipinski definition) is 3. The first-order valence-electron chi connectivity index (χ1n) is 9.75. The van der Waals surface area contributed by atoms with Gasteiger partial charge in [0.25, 0.3) is 0 Å². The SMILES string of the molecule is CC1C(C(=O)O)(C2CC2)C=CC(OCc2ccccc2)C1(C(=O)O)C1CC1. The highest BCUT2D eigenvalue weighted by atomic mass is 16.5. The van der Waals surface area contributed by atoms with Gasteiger partial charge in [-0.2, -0.15) is 0 Å². The van der Waals surface area contributed by atoms with Gasteiger partial charge in [0, 0.05) is 0 Å². The monoisotopic (exact) mass is 370 g/mol. The maximum absolute atomic E-state index is 12.6. The zero-order valence-electron chi connectivity index (χ0n) is 15.5. The van der Waals surface area contributed by atoms with Crippen LogP contribution in [0.15, 0.2) is 42.5 Å². The second kappa shape index (κ2) is 6.48. The summed E-state index contributed by atoms with van der Waals surface area (Å²) >= 11 is 0. The zero-order valence-corrected chi connectivity index (χ0v) is 15.5. The number of ether oxygens (including phenoxy) is 1. The van der Waals surface area contributed by atoms with Crippen LogP contribution in [0.25, 0.3) is 0 Å². The molecule has 3 aliphatic carbocycles. The van der Waals surface area contributed by atoms with E-state index in [-0.39, 0.29) is 11.8 Å². The molecule has 2 N–H and O–H groups in total. The van der Waals surface area contributed by atoms with Crippen molar-refractivity contribution >= 4 is 11.9 Å². The van der Waals surface area contributed by atoms with Gasteiger partial charge >= 0.3 is 11.9 Å². The van der Waals surface area contributed by atoms with Crippen molar-refractivity contribution in [3.8, 4) is 0 Å². The number of carbonyl (C=O) groups is 2. The number of rotatable bonds is 7. The number of carboxylic acids is 2. The van der Waals surface area contributed by atoms with Crippen molar-refractivity contribution in [1.82, 2.24) is 0 Å². The van der Waals surface area contributed by atoms with Crippen LogP contribution in [-0.2, 0) is 20.9 Å². The summed E-state index contributed by atoms with van der Waals surface area (Å²) in [5.41, 5.74) is -1.32. The van der Waals surface area contributed by atoms with Crippen molar-refractivity contribution in [3.05, 3.63) is 48.0 Å². The normalized spacial score (nSPS) is 35.7. The summed E-state index contributed by atoms with van der Waals surface area (Å²) in [6, 6.07) is 9.66. The van der Waals surface area contributed by atoms with Crippen molar-refractivity contribution in [2.24, 2.45) is 28.6 Å². The van der Waals surface area contributed by atoms with E-state index in [1.807, 2.05) is 37.3 Å². The van der Waals surface area contributed by atoms with E-state index in [1.54, 1.807) is 12.2 Å². The Hall–Kier alpha value is -2.14. The Morgan fingerprint density at radius 3 is 2.19 bits per heavy atom. The predicted octanol–water partition coefficient (Wildman–Crippen LogP) is 3.74. The molecule has 0 amide bonds. The molecule has 1 aromatic carbocycles. The lowest BCUT2D eigenvalue weighted by atomic mass is 9.53. The highest BCUT2D eigenvalue weighted by Gasteiger charge is 2.69. The molecule has 0 radical (unpaired) electrons. The van der Waals surface area contributed by atoms with Gasteiger partial charge in [0.05, 0.1) is 18.1 Å². The summed E-state index contributed by atoms with van der Waals surface area (Å²) in [6.45, 7) is 2.13. The lowest BCUT2D eigenvalue weighted by Gasteiger charge is -2.50. The van der Waals surface area contributed by atoms with Crippen molar-refractivity contribution < 1.29 is 24.5 Å². The Labute approximate surface area is 159 Å². The second-order valence-corrected chi connectivity index (χ2v) is 8.32. The number of benzene rings is 1. The van der Waals surface area contributed by atoms with Gasteiger partial charge < -0.3 is 14.9 Å². The lowest BCUT2D eigenvalue weighted by molar-refractivity contribution is -0.182. The van der Waals surface area contributed by atoms with Crippen LogP contribution in [0, 0.1) is 28.6 Å². The van der Waals surface area contributed by atoms with Gasteiger partial charge in [-0.15, -0.1) is 0 Å². The Balaban J connectivity index is 1.73.